The van der Waals surface area contributed by atoms with E-state index in [4.69, 9.17) is 4.74 Å². The second-order valence-corrected chi connectivity index (χ2v) is 4.96. The summed E-state index contributed by atoms with van der Waals surface area (Å²) in [5.41, 5.74) is 0.607. The van der Waals surface area contributed by atoms with E-state index in [0.717, 1.165) is 5.75 Å². The van der Waals surface area contributed by atoms with E-state index in [1.807, 2.05) is 32.8 Å². The minimum atomic E-state index is -0.125. The van der Waals surface area contributed by atoms with Crippen LogP contribution in [0.2, 0.25) is 0 Å². The SMILES string of the molecule is CC(C)Oc1ccc(C(=O)NCC#CCN(C)C)cc1. The van der Waals surface area contributed by atoms with Gasteiger partial charge in [0.15, 0.2) is 0 Å². The fourth-order valence-electron chi connectivity index (χ4n) is 1.46. The number of ether oxygens (including phenoxy) is 1. The lowest BCUT2D eigenvalue weighted by Crippen LogP contribution is -2.23. The smallest absolute Gasteiger partial charge is 0.252 e. The van der Waals surface area contributed by atoms with Gasteiger partial charge in [0.05, 0.1) is 19.2 Å². The average molecular weight is 274 g/mol. The Labute approximate surface area is 121 Å². The Kier molecular flexibility index (Phi) is 6.61. The van der Waals surface area contributed by atoms with Gasteiger partial charge in [-0.25, -0.2) is 0 Å². The van der Waals surface area contributed by atoms with Gasteiger partial charge in [-0.15, -0.1) is 0 Å². The number of hydrogen-bond acceptors (Lipinski definition) is 3. The number of carbonyl (C=O) groups is 1. The van der Waals surface area contributed by atoms with Crippen molar-refractivity contribution in [2.75, 3.05) is 27.2 Å². The van der Waals surface area contributed by atoms with Crippen molar-refractivity contribution in [2.24, 2.45) is 0 Å². The van der Waals surface area contributed by atoms with Crippen LogP contribution >= 0.6 is 0 Å². The largest absolute Gasteiger partial charge is 0.491 e. The Hall–Kier alpha value is -1.99. The first-order valence-corrected chi connectivity index (χ1v) is 6.64. The molecule has 0 fully saturated rings. The summed E-state index contributed by atoms with van der Waals surface area (Å²) in [5, 5.41) is 2.76. The van der Waals surface area contributed by atoms with E-state index in [1.165, 1.54) is 0 Å². The lowest BCUT2D eigenvalue weighted by atomic mass is 10.2. The first kappa shape index (κ1) is 16.1. The second-order valence-electron chi connectivity index (χ2n) is 4.96. The number of hydrogen-bond donors (Lipinski definition) is 1. The summed E-state index contributed by atoms with van der Waals surface area (Å²) in [6.07, 6.45) is 0.127. The molecule has 1 aromatic rings. The van der Waals surface area contributed by atoms with Gasteiger partial charge in [-0.3, -0.25) is 9.69 Å². The van der Waals surface area contributed by atoms with Gasteiger partial charge in [0, 0.05) is 5.56 Å². The molecule has 1 aromatic carbocycles. The summed E-state index contributed by atoms with van der Waals surface area (Å²) in [6, 6.07) is 7.10. The molecular weight excluding hydrogens is 252 g/mol. The molecule has 0 unspecified atom stereocenters. The molecule has 0 atom stereocenters. The first-order valence-electron chi connectivity index (χ1n) is 6.64. The van der Waals surface area contributed by atoms with Gasteiger partial charge < -0.3 is 10.1 Å². The fourth-order valence-corrected chi connectivity index (χ4v) is 1.46. The minimum absolute atomic E-state index is 0.125. The van der Waals surface area contributed by atoms with Gasteiger partial charge in [-0.1, -0.05) is 11.8 Å². The lowest BCUT2D eigenvalue weighted by molar-refractivity contribution is 0.0958. The van der Waals surface area contributed by atoms with Gasteiger partial charge in [-0.2, -0.15) is 0 Å². The van der Waals surface area contributed by atoms with Crippen molar-refractivity contribution in [1.29, 1.82) is 0 Å². The highest BCUT2D eigenvalue weighted by molar-refractivity contribution is 5.94. The van der Waals surface area contributed by atoms with E-state index in [-0.39, 0.29) is 12.0 Å². The predicted molar refractivity (Wildman–Crippen MR) is 80.9 cm³/mol. The van der Waals surface area contributed by atoms with Crippen molar-refractivity contribution in [3.63, 3.8) is 0 Å². The first-order chi connectivity index (χ1) is 9.49. The molecule has 0 aliphatic carbocycles. The summed E-state index contributed by atoms with van der Waals surface area (Å²) < 4.78 is 5.53. The van der Waals surface area contributed by atoms with E-state index in [1.54, 1.807) is 24.3 Å². The number of rotatable bonds is 5. The number of benzene rings is 1. The van der Waals surface area contributed by atoms with Crippen LogP contribution in [0.1, 0.15) is 24.2 Å². The maximum atomic E-state index is 11.8. The minimum Gasteiger partial charge on any atom is -0.491 e. The van der Waals surface area contributed by atoms with E-state index in [0.29, 0.717) is 18.7 Å². The Bertz CT molecular complexity index is 481. The number of nitrogens with zero attached hydrogens (tertiary/aromatic N) is 1. The van der Waals surface area contributed by atoms with Crippen molar-refractivity contribution >= 4 is 5.91 Å². The van der Waals surface area contributed by atoms with E-state index in [2.05, 4.69) is 17.2 Å². The van der Waals surface area contributed by atoms with E-state index >= 15 is 0 Å². The summed E-state index contributed by atoms with van der Waals surface area (Å²) >= 11 is 0. The number of nitrogens with one attached hydrogen (secondary N) is 1. The molecule has 0 aliphatic rings. The van der Waals surface area contributed by atoms with Crippen molar-refractivity contribution in [1.82, 2.24) is 10.2 Å². The van der Waals surface area contributed by atoms with Crippen LogP contribution in [0.15, 0.2) is 24.3 Å². The molecule has 0 saturated heterocycles. The van der Waals surface area contributed by atoms with E-state index in [9.17, 15) is 4.79 Å². The van der Waals surface area contributed by atoms with Gasteiger partial charge in [-0.05, 0) is 52.2 Å². The molecule has 1 rings (SSSR count). The van der Waals surface area contributed by atoms with Crippen molar-refractivity contribution < 1.29 is 9.53 Å². The zero-order chi connectivity index (χ0) is 15.0. The maximum absolute atomic E-state index is 11.8. The van der Waals surface area contributed by atoms with Crippen LogP contribution in [0.3, 0.4) is 0 Å². The standard InChI is InChI=1S/C16H22N2O2/c1-13(2)20-15-9-7-14(8-10-15)16(19)17-11-5-6-12-18(3)4/h7-10,13H,11-12H2,1-4H3,(H,17,19). The molecule has 0 spiro atoms. The van der Waals surface area contributed by atoms with Crippen LogP contribution in [0.25, 0.3) is 0 Å². The van der Waals surface area contributed by atoms with Crippen LogP contribution in [0.4, 0.5) is 0 Å². The summed E-state index contributed by atoms with van der Waals surface area (Å²) in [6.45, 7) is 4.98. The van der Waals surface area contributed by atoms with Gasteiger partial charge >= 0.3 is 0 Å². The summed E-state index contributed by atoms with van der Waals surface area (Å²) in [7, 11) is 3.90. The molecule has 4 nitrogen and oxygen atoms in total. The van der Waals surface area contributed by atoms with Crippen molar-refractivity contribution in [3.8, 4) is 17.6 Å². The quantitative estimate of drug-likeness (QED) is 0.832. The van der Waals surface area contributed by atoms with Gasteiger partial charge in [0.2, 0.25) is 0 Å². The highest BCUT2D eigenvalue weighted by Crippen LogP contribution is 2.13. The lowest BCUT2D eigenvalue weighted by Gasteiger charge is -2.09. The predicted octanol–water partition coefficient (Wildman–Crippen LogP) is 1.77. The summed E-state index contributed by atoms with van der Waals surface area (Å²) in [4.78, 5) is 13.8. The zero-order valence-electron chi connectivity index (χ0n) is 12.6. The Balaban J connectivity index is 2.45. The molecule has 0 radical (unpaired) electrons. The number of carbonyl (C=O) groups excluding carboxylic acids is 1. The Morgan fingerprint density at radius 2 is 1.90 bits per heavy atom. The molecule has 1 N–H and O–H groups in total. The van der Waals surface area contributed by atoms with Crippen LogP contribution in [-0.2, 0) is 0 Å². The molecular formula is C16H22N2O2. The highest BCUT2D eigenvalue weighted by atomic mass is 16.5. The van der Waals surface area contributed by atoms with E-state index < -0.39 is 0 Å². The monoisotopic (exact) mass is 274 g/mol. The Morgan fingerprint density at radius 3 is 2.45 bits per heavy atom. The van der Waals surface area contributed by atoms with Crippen LogP contribution in [-0.4, -0.2) is 44.1 Å². The molecule has 0 saturated carbocycles. The topological polar surface area (TPSA) is 41.6 Å². The van der Waals surface area contributed by atoms with Crippen LogP contribution in [0.5, 0.6) is 5.75 Å². The third kappa shape index (κ3) is 6.26. The van der Waals surface area contributed by atoms with Crippen LogP contribution < -0.4 is 10.1 Å². The molecule has 0 heterocycles. The maximum Gasteiger partial charge on any atom is 0.252 e. The average Bonchev–Trinajstić information content (AvgIpc) is 2.38. The third-order valence-electron chi connectivity index (χ3n) is 2.35. The van der Waals surface area contributed by atoms with Gasteiger partial charge in [0.1, 0.15) is 5.75 Å². The highest BCUT2D eigenvalue weighted by Gasteiger charge is 2.04. The zero-order valence-corrected chi connectivity index (χ0v) is 12.6. The molecule has 0 aliphatic heterocycles. The van der Waals surface area contributed by atoms with Crippen molar-refractivity contribution in [2.45, 2.75) is 20.0 Å². The molecule has 0 aromatic heterocycles. The fraction of sp³-hybridized carbons (Fsp3) is 0.438. The molecule has 4 heteroatoms. The van der Waals surface area contributed by atoms with Crippen molar-refractivity contribution in [3.05, 3.63) is 29.8 Å². The Morgan fingerprint density at radius 1 is 1.25 bits per heavy atom. The molecule has 20 heavy (non-hydrogen) atoms. The van der Waals surface area contributed by atoms with Gasteiger partial charge in [0.25, 0.3) is 5.91 Å². The molecule has 108 valence electrons. The molecule has 1 amide bonds. The van der Waals surface area contributed by atoms with Crippen LogP contribution in [0, 0.1) is 11.8 Å². The second kappa shape index (κ2) is 8.23. The summed E-state index contributed by atoms with van der Waals surface area (Å²) in [5.74, 6) is 6.51. The normalized spacial score (nSPS) is 10.1. The third-order valence-corrected chi connectivity index (χ3v) is 2.35. The number of amides is 1. The molecule has 0 bridgehead atoms.